The molecule has 3 N–H and O–H groups in total. The molecule has 0 aliphatic heterocycles. The zero-order valence-electron chi connectivity index (χ0n) is 7.82. The van der Waals surface area contributed by atoms with Crippen LogP contribution in [-0.4, -0.2) is 11.2 Å². The molecule has 1 aromatic carbocycles. The van der Waals surface area contributed by atoms with Crippen LogP contribution in [0.1, 0.15) is 30.5 Å². The molecule has 1 unspecified atom stereocenters. The molecule has 0 bridgehead atoms. The molecule has 0 aromatic heterocycles. The molecule has 0 aliphatic carbocycles. The van der Waals surface area contributed by atoms with Crippen LogP contribution in [0.25, 0.3) is 0 Å². The maximum atomic E-state index is 12.2. The SMILES string of the molecule is CC(O)[C@@H](N)c1ccc(C(F)F)cc1. The number of aliphatic hydroxyl groups excluding tert-OH is 1. The van der Waals surface area contributed by atoms with Crippen LogP contribution in [0.15, 0.2) is 24.3 Å². The van der Waals surface area contributed by atoms with Crippen LogP contribution in [0.2, 0.25) is 0 Å². The monoisotopic (exact) mass is 201 g/mol. The van der Waals surface area contributed by atoms with E-state index in [0.29, 0.717) is 5.56 Å². The van der Waals surface area contributed by atoms with Gasteiger partial charge >= 0.3 is 0 Å². The predicted octanol–water partition coefficient (Wildman–Crippen LogP) is 2.00. The van der Waals surface area contributed by atoms with Gasteiger partial charge in [0.05, 0.1) is 12.1 Å². The smallest absolute Gasteiger partial charge is 0.263 e. The topological polar surface area (TPSA) is 46.2 Å². The Bertz CT molecular complexity index is 285. The summed E-state index contributed by atoms with van der Waals surface area (Å²) in [4.78, 5) is 0. The maximum Gasteiger partial charge on any atom is 0.263 e. The van der Waals surface area contributed by atoms with Crippen molar-refractivity contribution in [2.24, 2.45) is 5.73 Å². The molecular formula is C10H13F2NO. The van der Waals surface area contributed by atoms with Gasteiger partial charge in [-0.25, -0.2) is 8.78 Å². The molecule has 0 fully saturated rings. The van der Waals surface area contributed by atoms with E-state index in [0.717, 1.165) is 0 Å². The predicted molar refractivity (Wildman–Crippen MR) is 50.0 cm³/mol. The van der Waals surface area contributed by atoms with E-state index in [-0.39, 0.29) is 5.56 Å². The van der Waals surface area contributed by atoms with Crippen molar-refractivity contribution in [3.63, 3.8) is 0 Å². The first-order chi connectivity index (χ1) is 6.52. The van der Waals surface area contributed by atoms with Crippen molar-refractivity contribution in [2.75, 3.05) is 0 Å². The Labute approximate surface area is 81.4 Å². The van der Waals surface area contributed by atoms with Gasteiger partial charge in [-0.3, -0.25) is 0 Å². The first kappa shape index (κ1) is 11.1. The van der Waals surface area contributed by atoms with Gasteiger partial charge in [0.2, 0.25) is 0 Å². The van der Waals surface area contributed by atoms with Gasteiger partial charge in [-0.1, -0.05) is 24.3 Å². The molecule has 2 nitrogen and oxygen atoms in total. The Morgan fingerprint density at radius 2 is 1.57 bits per heavy atom. The first-order valence-corrected chi connectivity index (χ1v) is 4.34. The second-order valence-electron chi connectivity index (χ2n) is 3.23. The number of rotatable bonds is 3. The van der Waals surface area contributed by atoms with Gasteiger partial charge in [-0.15, -0.1) is 0 Å². The summed E-state index contributed by atoms with van der Waals surface area (Å²) in [5.41, 5.74) is 6.25. The molecular weight excluding hydrogens is 188 g/mol. The third-order valence-corrected chi connectivity index (χ3v) is 2.09. The minimum absolute atomic E-state index is 0.0356. The molecule has 0 saturated carbocycles. The van der Waals surface area contributed by atoms with Crippen LogP contribution in [-0.2, 0) is 0 Å². The van der Waals surface area contributed by atoms with Crippen molar-refractivity contribution in [1.29, 1.82) is 0 Å². The van der Waals surface area contributed by atoms with Crippen LogP contribution in [0, 0.1) is 0 Å². The quantitative estimate of drug-likeness (QED) is 0.785. The molecule has 0 spiro atoms. The van der Waals surface area contributed by atoms with Crippen molar-refractivity contribution < 1.29 is 13.9 Å². The summed E-state index contributed by atoms with van der Waals surface area (Å²) in [7, 11) is 0. The summed E-state index contributed by atoms with van der Waals surface area (Å²) < 4.78 is 24.4. The lowest BCUT2D eigenvalue weighted by Gasteiger charge is -2.15. The molecule has 4 heteroatoms. The molecule has 0 radical (unpaired) electrons. The van der Waals surface area contributed by atoms with Crippen molar-refractivity contribution in [3.05, 3.63) is 35.4 Å². The minimum atomic E-state index is -2.47. The third-order valence-electron chi connectivity index (χ3n) is 2.09. The van der Waals surface area contributed by atoms with E-state index in [1.54, 1.807) is 6.92 Å². The van der Waals surface area contributed by atoms with E-state index in [9.17, 15) is 13.9 Å². The van der Waals surface area contributed by atoms with Gasteiger partial charge in [0, 0.05) is 5.56 Å². The van der Waals surface area contributed by atoms with E-state index < -0.39 is 18.6 Å². The van der Waals surface area contributed by atoms with E-state index in [1.807, 2.05) is 0 Å². The Hall–Kier alpha value is -1.00. The molecule has 0 heterocycles. The molecule has 0 aliphatic rings. The zero-order valence-corrected chi connectivity index (χ0v) is 7.82. The molecule has 1 aromatic rings. The number of alkyl halides is 2. The Balaban J connectivity index is 2.83. The second-order valence-corrected chi connectivity index (χ2v) is 3.23. The standard InChI is InChI=1S/C10H13F2NO/c1-6(14)9(13)7-2-4-8(5-3-7)10(11)12/h2-6,9-10,14H,13H2,1H3/t6?,9-/m1/s1. The van der Waals surface area contributed by atoms with E-state index in [2.05, 4.69) is 0 Å². The summed E-state index contributed by atoms with van der Waals surface area (Å²) in [6, 6.07) is 5.14. The van der Waals surface area contributed by atoms with Crippen LogP contribution in [0.5, 0.6) is 0 Å². The number of hydrogen-bond donors (Lipinski definition) is 2. The number of halogens is 2. The lowest BCUT2D eigenvalue weighted by molar-refractivity contribution is 0.151. The molecule has 0 amide bonds. The van der Waals surface area contributed by atoms with Crippen LogP contribution in [0.3, 0.4) is 0 Å². The molecule has 78 valence electrons. The molecule has 1 rings (SSSR count). The summed E-state index contributed by atoms with van der Waals surface area (Å²) in [6.45, 7) is 1.56. The van der Waals surface area contributed by atoms with Crippen molar-refractivity contribution in [3.8, 4) is 0 Å². The number of aliphatic hydroxyl groups is 1. The van der Waals surface area contributed by atoms with E-state index >= 15 is 0 Å². The lowest BCUT2D eigenvalue weighted by atomic mass is 10.0. The first-order valence-electron chi connectivity index (χ1n) is 4.34. The fourth-order valence-corrected chi connectivity index (χ4v) is 1.14. The van der Waals surface area contributed by atoms with Gasteiger partial charge in [-0.2, -0.15) is 0 Å². The Morgan fingerprint density at radius 1 is 1.14 bits per heavy atom. The highest BCUT2D eigenvalue weighted by Gasteiger charge is 2.13. The highest BCUT2D eigenvalue weighted by atomic mass is 19.3. The number of benzene rings is 1. The fourth-order valence-electron chi connectivity index (χ4n) is 1.14. The van der Waals surface area contributed by atoms with Gasteiger partial charge in [0.25, 0.3) is 6.43 Å². The maximum absolute atomic E-state index is 12.2. The summed E-state index contributed by atoms with van der Waals surface area (Å²) in [5.74, 6) is 0. The molecule has 2 atom stereocenters. The van der Waals surface area contributed by atoms with E-state index in [4.69, 9.17) is 5.73 Å². The lowest BCUT2D eigenvalue weighted by Crippen LogP contribution is -2.22. The largest absolute Gasteiger partial charge is 0.391 e. The van der Waals surface area contributed by atoms with Crippen molar-refractivity contribution >= 4 is 0 Å². The van der Waals surface area contributed by atoms with Gasteiger partial charge in [-0.05, 0) is 12.5 Å². The Kier molecular flexibility index (Phi) is 3.55. The number of nitrogens with two attached hydrogens (primary N) is 1. The molecule has 0 saturated heterocycles. The average molecular weight is 201 g/mol. The normalized spacial score (nSPS) is 15.6. The summed E-state index contributed by atoms with van der Waals surface area (Å²) in [6.07, 6.45) is -3.15. The summed E-state index contributed by atoms with van der Waals surface area (Å²) >= 11 is 0. The average Bonchev–Trinajstić information content (AvgIpc) is 2.16. The zero-order chi connectivity index (χ0) is 10.7. The van der Waals surface area contributed by atoms with Crippen molar-refractivity contribution in [2.45, 2.75) is 25.5 Å². The number of hydrogen-bond acceptors (Lipinski definition) is 2. The molecule has 14 heavy (non-hydrogen) atoms. The summed E-state index contributed by atoms with van der Waals surface area (Å²) in [5, 5.41) is 9.18. The highest BCUT2D eigenvalue weighted by Crippen LogP contribution is 2.21. The van der Waals surface area contributed by atoms with Gasteiger partial charge in [0.1, 0.15) is 0 Å². The Morgan fingerprint density at radius 3 is 1.93 bits per heavy atom. The van der Waals surface area contributed by atoms with Crippen LogP contribution in [0.4, 0.5) is 8.78 Å². The van der Waals surface area contributed by atoms with Crippen LogP contribution < -0.4 is 5.73 Å². The second kappa shape index (κ2) is 4.48. The minimum Gasteiger partial charge on any atom is -0.391 e. The third kappa shape index (κ3) is 2.49. The van der Waals surface area contributed by atoms with Gasteiger partial charge in [0.15, 0.2) is 0 Å². The highest BCUT2D eigenvalue weighted by molar-refractivity contribution is 5.26. The van der Waals surface area contributed by atoms with Crippen LogP contribution >= 0.6 is 0 Å². The van der Waals surface area contributed by atoms with Crippen molar-refractivity contribution in [1.82, 2.24) is 0 Å². The van der Waals surface area contributed by atoms with E-state index in [1.165, 1.54) is 24.3 Å². The van der Waals surface area contributed by atoms with Gasteiger partial charge < -0.3 is 10.8 Å². The fraction of sp³-hybridized carbons (Fsp3) is 0.400.